The van der Waals surface area contributed by atoms with Crippen LogP contribution in [0.1, 0.15) is 36.1 Å². The van der Waals surface area contributed by atoms with Gasteiger partial charge in [-0.2, -0.15) is 0 Å². The highest BCUT2D eigenvalue weighted by Crippen LogP contribution is 2.23. The monoisotopic (exact) mass is 291 g/mol. The normalized spacial score (nSPS) is 18.6. The molecule has 116 valence electrons. The first-order chi connectivity index (χ1) is 10.0. The molecule has 0 spiro atoms. The fourth-order valence-corrected chi connectivity index (χ4v) is 3.12. The lowest BCUT2D eigenvalue weighted by molar-refractivity contribution is -0.128. The highest BCUT2D eigenvalue weighted by atomic mass is 16.5. The number of nitrogens with zero attached hydrogens (tertiary/aromatic N) is 3. The molecule has 1 atom stereocenters. The number of carbonyl (C=O) groups is 1. The number of rotatable bonds is 6. The van der Waals surface area contributed by atoms with Gasteiger partial charge in [-0.05, 0) is 38.2 Å². The van der Waals surface area contributed by atoms with Gasteiger partial charge in [-0.15, -0.1) is 0 Å². The maximum Gasteiger partial charge on any atom is 0.223 e. The van der Waals surface area contributed by atoms with Crippen molar-refractivity contribution < 1.29 is 9.53 Å². The molecule has 0 aliphatic carbocycles. The summed E-state index contributed by atoms with van der Waals surface area (Å²) in [7, 11) is 1.66. The molecular weight excluding hydrogens is 266 g/mol. The van der Waals surface area contributed by atoms with Gasteiger partial charge in [0.1, 0.15) is 5.82 Å². The Morgan fingerprint density at radius 2 is 2.10 bits per heavy atom. The van der Waals surface area contributed by atoms with E-state index in [4.69, 9.17) is 4.74 Å². The Morgan fingerprint density at radius 3 is 2.76 bits per heavy atom. The van der Waals surface area contributed by atoms with E-state index < -0.39 is 0 Å². The zero-order chi connectivity index (χ0) is 15.4. The summed E-state index contributed by atoms with van der Waals surface area (Å²) in [6.45, 7) is 8.21. The first kappa shape index (κ1) is 15.9. The average molecular weight is 291 g/mol. The highest BCUT2D eigenvalue weighted by Gasteiger charge is 2.30. The predicted octanol–water partition coefficient (Wildman–Crippen LogP) is 1.69. The van der Waals surface area contributed by atoms with E-state index in [1.54, 1.807) is 7.11 Å². The summed E-state index contributed by atoms with van der Waals surface area (Å²) >= 11 is 0. The van der Waals surface area contributed by atoms with Crippen molar-refractivity contribution in [2.45, 2.75) is 40.0 Å². The van der Waals surface area contributed by atoms with E-state index in [2.05, 4.69) is 16.9 Å². The van der Waals surface area contributed by atoms with Gasteiger partial charge in [0, 0.05) is 38.0 Å². The van der Waals surface area contributed by atoms with Crippen LogP contribution in [0.2, 0.25) is 0 Å². The van der Waals surface area contributed by atoms with E-state index in [-0.39, 0.29) is 5.91 Å². The van der Waals surface area contributed by atoms with Crippen LogP contribution in [0.4, 0.5) is 0 Å². The number of aromatic nitrogens is 2. The smallest absolute Gasteiger partial charge is 0.223 e. The average Bonchev–Trinajstić information content (AvgIpc) is 2.76. The van der Waals surface area contributed by atoms with Crippen LogP contribution >= 0.6 is 0 Å². The lowest BCUT2D eigenvalue weighted by atomic mass is 9.97. The maximum absolute atomic E-state index is 12.0. The molecule has 0 N–H and O–H groups in total. The third-order valence-electron chi connectivity index (χ3n) is 4.11. The lowest BCUT2D eigenvalue weighted by Crippen LogP contribution is -2.29. The topological polar surface area (TPSA) is 55.3 Å². The molecule has 1 aromatic heterocycles. The van der Waals surface area contributed by atoms with Crippen LogP contribution < -0.4 is 0 Å². The van der Waals surface area contributed by atoms with Gasteiger partial charge >= 0.3 is 0 Å². The minimum Gasteiger partial charge on any atom is -0.383 e. The summed E-state index contributed by atoms with van der Waals surface area (Å²) < 4.78 is 5.06. The molecule has 0 bridgehead atoms. The molecule has 0 saturated carbocycles. The quantitative estimate of drug-likeness (QED) is 0.800. The fourth-order valence-electron chi connectivity index (χ4n) is 3.12. The third kappa shape index (κ3) is 3.79. The van der Waals surface area contributed by atoms with Gasteiger partial charge < -0.3 is 9.64 Å². The molecule has 21 heavy (non-hydrogen) atoms. The molecule has 1 fully saturated rings. The molecule has 1 aromatic rings. The maximum atomic E-state index is 12.0. The van der Waals surface area contributed by atoms with E-state index in [1.807, 2.05) is 18.7 Å². The second-order valence-corrected chi connectivity index (χ2v) is 5.74. The summed E-state index contributed by atoms with van der Waals surface area (Å²) in [5.41, 5.74) is 3.43. The highest BCUT2D eigenvalue weighted by molar-refractivity contribution is 5.78. The second-order valence-electron chi connectivity index (χ2n) is 5.74. The number of methoxy groups -OCH3 is 1. The Hall–Kier alpha value is -1.49. The Bertz CT molecular complexity index is 516. The van der Waals surface area contributed by atoms with E-state index in [0.29, 0.717) is 25.5 Å². The van der Waals surface area contributed by atoms with Gasteiger partial charge in [-0.25, -0.2) is 9.97 Å². The minimum absolute atomic E-state index is 0.234. The van der Waals surface area contributed by atoms with E-state index in [0.717, 1.165) is 36.6 Å². The van der Waals surface area contributed by atoms with Crippen LogP contribution in [0.3, 0.4) is 0 Å². The molecule has 5 nitrogen and oxygen atoms in total. The standard InChI is InChI=1S/C16H25N3O2/c1-5-14-11(2)17-12(3)18-15(14)8-13-9-16(20)19(10-13)6-7-21-4/h13H,5-10H2,1-4H3/t13-/m0/s1. The van der Waals surface area contributed by atoms with Crippen LogP contribution in [0.15, 0.2) is 0 Å². The zero-order valence-electron chi connectivity index (χ0n) is 13.5. The molecule has 0 unspecified atom stereocenters. The van der Waals surface area contributed by atoms with Gasteiger partial charge in [0.25, 0.3) is 0 Å². The molecule has 1 aliphatic rings. The van der Waals surface area contributed by atoms with Crippen molar-refractivity contribution in [1.82, 2.24) is 14.9 Å². The summed E-state index contributed by atoms with van der Waals surface area (Å²) in [6, 6.07) is 0. The van der Waals surface area contributed by atoms with Gasteiger partial charge in [0.05, 0.1) is 6.61 Å². The Labute approximate surface area is 126 Å². The van der Waals surface area contributed by atoms with Gasteiger partial charge in [0.2, 0.25) is 5.91 Å². The van der Waals surface area contributed by atoms with Crippen molar-refractivity contribution >= 4 is 5.91 Å². The van der Waals surface area contributed by atoms with Crippen LogP contribution in [0.25, 0.3) is 0 Å². The van der Waals surface area contributed by atoms with Crippen LogP contribution in [-0.4, -0.2) is 47.6 Å². The number of amides is 1. The number of ether oxygens (including phenoxy) is 1. The summed E-state index contributed by atoms with van der Waals surface area (Å²) in [6.07, 6.45) is 2.42. The molecule has 1 amide bonds. The van der Waals surface area contributed by atoms with Gasteiger partial charge in [-0.3, -0.25) is 4.79 Å². The minimum atomic E-state index is 0.234. The lowest BCUT2D eigenvalue weighted by Gasteiger charge is -2.17. The molecule has 1 aliphatic heterocycles. The van der Waals surface area contributed by atoms with Crippen molar-refractivity contribution in [3.05, 3.63) is 22.8 Å². The van der Waals surface area contributed by atoms with Crippen molar-refractivity contribution in [2.24, 2.45) is 5.92 Å². The van der Waals surface area contributed by atoms with Gasteiger partial charge in [0.15, 0.2) is 0 Å². The van der Waals surface area contributed by atoms with E-state index >= 15 is 0 Å². The molecule has 2 rings (SSSR count). The summed E-state index contributed by atoms with van der Waals surface area (Å²) in [5.74, 6) is 1.41. The molecule has 2 heterocycles. The molecule has 1 saturated heterocycles. The van der Waals surface area contributed by atoms with Crippen LogP contribution in [0.5, 0.6) is 0 Å². The first-order valence-corrected chi connectivity index (χ1v) is 7.64. The van der Waals surface area contributed by atoms with Crippen molar-refractivity contribution in [1.29, 1.82) is 0 Å². The molecular formula is C16H25N3O2. The third-order valence-corrected chi connectivity index (χ3v) is 4.11. The largest absolute Gasteiger partial charge is 0.383 e. The van der Waals surface area contributed by atoms with Crippen LogP contribution in [0, 0.1) is 19.8 Å². The fraction of sp³-hybridized carbons (Fsp3) is 0.688. The zero-order valence-corrected chi connectivity index (χ0v) is 13.5. The first-order valence-electron chi connectivity index (χ1n) is 7.64. The van der Waals surface area contributed by atoms with E-state index in [1.165, 1.54) is 5.56 Å². The number of hydrogen-bond donors (Lipinski definition) is 0. The summed E-state index contributed by atoms with van der Waals surface area (Å²) in [5, 5.41) is 0. The SMILES string of the molecule is CCc1c(C)nc(C)nc1C[C@H]1CC(=O)N(CCOC)C1. The number of hydrogen-bond acceptors (Lipinski definition) is 4. The molecule has 5 heteroatoms. The number of likely N-dealkylation sites (tertiary alicyclic amines) is 1. The Kier molecular flexibility index (Phi) is 5.28. The van der Waals surface area contributed by atoms with Crippen LogP contribution in [-0.2, 0) is 22.4 Å². The number of aryl methyl sites for hydroxylation is 2. The Balaban J connectivity index is 2.07. The second kappa shape index (κ2) is 6.98. The van der Waals surface area contributed by atoms with E-state index in [9.17, 15) is 4.79 Å². The van der Waals surface area contributed by atoms with Crippen molar-refractivity contribution in [3.63, 3.8) is 0 Å². The number of carbonyl (C=O) groups excluding carboxylic acids is 1. The molecule has 0 radical (unpaired) electrons. The summed E-state index contributed by atoms with van der Waals surface area (Å²) in [4.78, 5) is 23.0. The van der Waals surface area contributed by atoms with Crippen molar-refractivity contribution in [3.8, 4) is 0 Å². The Morgan fingerprint density at radius 1 is 1.33 bits per heavy atom. The van der Waals surface area contributed by atoms with Crippen molar-refractivity contribution in [2.75, 3.05) is 26.8 Å². The van der Waals surface area contributed by atoms with Gasteiger partial charge in [-0.1, -0.05) is 6.92 Å². The molecule has 0 aromatic carbocycles. The predicted molar refractivity (Wildman–Crippen MR) is 81.2 cm³/mol.